The molecule has 0 bridgehead atoms. The van der Waals surface area contributed by atoms with E-state index in [1.54, 1.807) is 113 Å². The highest BCUT2D eigenvalue weighted by atomic mass is 35.5. The van der Waals surface area contributed by atoms with Crippen molar-refractivity contribution in [3.05, 3.63) is 204 Å². The molecular formula is C59H57Cl2N11O9. The van der Waals surface area contributed by atoms with E-state index in [0.717, 1.165) is 26.9 Å². The minimum atomic E-state index is -1.24. The van der Waals surface area contributed by atoms with E-state index in [1.165, 1.54) is 35.2 Å². The molecule has 2 fully saturated rings. The number of benzene rings is 2. The van der Waals surface area contributed by atoms with Gasteiger partial charge < -0.3 is 31.3 Å². The van der Waals surface area contributed by atoms with Gasteiger partial charge in [0.05, 0.1) is 5.56 Å². The second-order valence-electron chi connectivity index (χ2n) is 21.1. The number of nitrogens with two attached hydrogens (primary N) is 1. The number of anilines is 1. The molecule has 2 aliphatic rings. The van der Waals surface area contributed by atoms with Crippen LogP contribution >= 0.6 is 23.2 Å². The number of aromatic carboxylic acids is 1. The molecule has 2 saturated heterocycles. The lowest BCUT2D eigenvalue weighted by Crippen LogP contribution is -2.56. The number of nitrogens with one attached hydrogen (secondary N) is 2. The minimum absolute atomic E-state index is 0.000810. The molecule has 8 aromatic rings. The minimum Gasteiger partial charge on any atom is -0.478 e. The van der Waals surface area contributed by atoms with Crippen LogP contribution < -0.4 is 27.5 Å². The second-order valence-corrected chi connectivity index (χ2v) is 22.0. The van der Waals surface area contributed by atoms with Gasteiger partial charge in [0.1, 0.15) is 35.5 Å². The molecule has 22 heteroatoms. The van der Waals surface area contributed by atoms with Gasteiger partial charge in [0.25, 0.3) is 22.9 Å². The number of nitrogen functional groups attached to an aromatic ring is 1. The Morgan fingerprint density at radius 1 is 0.543 bits per heavy atom. The summed E-state index contributed by atoms with van der Waals surface area (Å²) in [4.78, 5) is 124. The predicted octanol–water partition coefficient (Wildman–Crippen LogP) is 6.88. The van der Waals surface area contributed by atoms with E-state index in [1.807, 2.05) is 13.8 Å². The molecule has 4 amide bonds. The van der Waals surface area contributed by atoms with Crippen LogP contribution in [0.2, 0.25) is 10.0 Å². The number of hydrogen-bond acceptors (Lipinski definition) is 13. The van der Waals surface area contributed by atoms with Crippen molar-refractivity contribution in [2.45, 2.75) is 60.3 Å². The first-order valence-corrected chi connectivity index (χ1v) is 26.3. The Morgan fingerprint density at radius 3 is 1.32 bits per heavy atom. The van der Waals surface area contributed by atoms with Gasteiger partial charge in [-0.3, -0.25) is 52.7 Å². The van der Waals surface area contributed by atoms with Gasteiger partial charge in [-0.05, 0) is 100 Å². The first kappa shape index (κ1) is 58.0. The molecule has 416 valence electrons. The van der Waals surface area contributed by atoms with Crippen molar-refractivity contribution in [1.29, 1.82) is 0 Å². The fraction of sp³-hybridized carbons (Fsp3) is 0.254. The number of fused-ring (bicyclic) bond motifs is 2. The summed E-state index contributed by atoms with van der Waals surface area (Å²) in [5, 5.41) is 16.6. The molecule has 0 saturated carbocycles. The highest BCUT2D eigenvalue weighted by molar-refractivity contribution is 6.30. The lowest BCUT2D eigenvalue weighted by molar-refractivity contribution is -0.142. The van der Waals surface area contributed by atoms with Crippen LogP contribution in [0.4, 0.5) is 5.69 Å². The average molecular weight is 1140 g/mol. The van der Waals surface area contributed by atoms with Gasteiger partial charge in [-0.15, -0.1) is 0 Å². The number of nitrogens with zero attached hydrogens (tertiary/aromatic N) is 8. The van der Waals surface area contributed by atoms with E-state index in [-0.39, 0.29) is 94.4 Å². The number of aromatic nitrogens is 6. The number of carboxylic acid groups (broad SMARTS) is 1. The maximum Gasteiger partial charge on any atom is 0.336 e. The van der Waals surface area contributed by atoms with Crippen molar-refractivity contribution >= 4 is 86.3 Å². The van der Waals surface area contributed by atoms with E-state index >= 15 is 0 Å². The zero-order valence-electron chi connectivity index (χ0n) is 44.7. The van der Waals surface area contributed by atoms with Crippen molar-refractivity contribution in [1.82, 2.24) is 49.5 Å². The van der Waals surface area contributed by atoms with Crippen molar-refractivity contribution < 1.29 is 33.9 Å². The topological polar surface area (TPSA) is 275 Å². The van der Waals surface area contributed by atoms with Crippen molar-refractivity contribution in [2.24, 2.45) is 10.8 Å². The van der Waals surface area contributed by atoms with Gasteiger partial charge in [-0.25, -0.2) is 14.8 Å². The lowest BCUT2D eigenvalue weighted by atomic mass is 9.84. The summed E-state index contributed by atoms with van der Waals surface area (Å²) in [7, 11) is 0. The third kappa shape index (κ3) is 14.4. The van der Waals surface area contributed by atoms with Crippen LogP contribution in [-0.4, -0.2) is 106 Å². The zero-order valence-corrected chi connectivity index (χ0v) is 46.2. The molecule has 2 aliphatic heterocycles. The Labute approximate surface area is 474 Å². The number of likely N-dealkylation sites (tertiary alicyclic amines) is 2. The molecule has 81 heavy (non-hydrogen) atoms. The molecule has 2 aromatic carbocycles. The molecular weight excluding hydrogens is 1080 g/mol. The first-order chi connectivity index (χ1) is 38.6. The Hall–Kier alpha value is -9.14. The summed E-state index contributed by atoms with van der Waals surface area (Å²) in [6, 6.07) is 26.3. The molecule has 8 heterocycles. The number of ketones is 1. The van der Waals surface area contributed by atoms with Crippen LogP contribution in [0, 0.1) is 10.8 Å². The van der Waals surface area contributed by atoms with Crippen LogP contribution in [0.25, 0.3) is 22.1 Å². The average Bonchev–Trinajstić information content (AvgIpc) is 3.43. The van der Waals surface area contributed by atoms with Crippen LogP contribution in [-0.2, 0) is 42.2 Å². The predicted molar refractivity (Wildman–Crippen MR) is 306 cm³/mol. The Morgan fingerprint density at radius 2 is 0.938 bits per heavy atom. The first-order valence-electron chi connectivity index (χ1n) is 25.5. The monoisotopic (exact) mass is 1130 g/mol. The van der Waals surface area contributed by atoms with E-state index < -0.39 is 28.9 Å². The van der Waals surface area contributed by atoms with E-state index in [0.29, 0.717) is 47.2 Å². The summed E-state index contributed by atoms with van der Waals surface area (Å²) in [6.07, 6.45) is 9.34. The van der Waals surface area contributed by atoms with Crippen molar-refractivity contribution in [3.63, 3.8) is 0 Å². The highest BCUT2D eigenvalue weighted by Crippen LogP contribution is 2.30. The number of Topliss-reactive ketones (excluding diaryl/α,β-unsaturated/α-hetero) is 1. The third-order valence-corrected chi connectivity index (χ3v) is 13.8. The van der Waals surface area contributed by atoms with Crippen molar-refractivity contribution in [2.75, 3.05) is 31.9 Å². The number of halogens is 2. The molecule has 5 N–H and O–H groups in total. The maximum atomic E-state index is 13.6. The van der Waals surface area contributed by atoms with Gasteiger partial charge in [-0.1, -0.05) is 75.2 Å². The molecule has 0 atom stereocenters. The van der Waals surface area contributed by atoms with E-state index in [2.05, 4.69) is 44.4 Å². The molecule has 0 radical (unpaired) electrons. The molecule has 20 nitrogen and oxygen atoms in total. The highest BCUT2D eigenvalue weighted by Gasteiger charge is 2.38. The van der Waals surface area contributed by atoms with E-state index in [9.17, 15) is 43.5 Å². The number of pyridine rings is 6. The summed E-state index contributed by atoms with van der Waals surface area (Å²) in [5.74, 6) is -3.31. The van der Waals surface area contributed by atoms with Gasteiger partial charge in [0, 0.05) is 115 Å². The summed E-state index contributed by atoms with van der Waals surface area (Å²) in [5.41, 5.74) is 7.00. The molecule has 0 unspecified atom stereocenters. The van der Waals surface area contributed by atoms with Crippen molar-refractivity contribution in [3.8, 4) is 0 Å². The van der Waals surface area contributed by atoms with Crippen LogP contribution in [0.5, 0.6) is 0 Å². The largest absolute Gasteiger partial charge is 0.478 e. The number of rotatable bonds is 14. The maximum absolute atomic E-state index is 13.6. The standard InChI is InChI=1S/C30H28ClN5O4.C24H23ClN4O5.C5H6N2/c1-30(2)17-35(18-30)26(38)16-36-27-23(22(9-12-33-27)25(37)13-19-7-10-32-11-8-19)14-24(29(36)40)28(39)34-15-20-3-5-21(31)6-4-20;1-24(2)12-28(13-24)19(30)11-29-20-17(16(23(33)34)7-8-26-20)9-18(22(29)32)21(31)27-10-14-3-5-15(25)6-4-14;6-5-1-3-7-4-2-5/h3-12,14H,13,15-18H2,1-2H3,(H,34,39);3-9H,10-13H2,1-2H3,(H,27,31)(H,33,34);1-4H,(H2,6,7). The Kier molecular flexibility index (Phi) is 17.8. The van der Waals surface area contributed by atoms with Gasteiger partial charge in [0.15, 0.2) is 5.78 Å². The summed E-state index contributed by atoms with van der Waals surface area (Å²) >= 11 is 11.8. The number of amides is 4. The molecule has 6 aromatic heterocycles. The Bertz CT molecular complexity index is 3800. The smallest absolute Gasteiger partial charge is 0.336 e. The molecule has 0 spiro atoms. The fourth-order valence-corrected chi connectivity index (χ4v) is 9.54. The zero-order chi connectivity index (χ0) is 58.2. The number of carbonyl (C=O) groups is 6. The number of hydrogen-bond donors (Lipinski definition) is 4. The SMILES string of the molecule is CC1(C)CN(C(=O)Cn2c(=O)c(C(=O)NCc3ccc(Cl)cc3)cc3c(C(=O)Cc4ccncc4)ccnc32)C1.CC1(C)CN(C(=O)Cn2c(=O)c(C(=O)NCc3ccc(Cl)cc3)cc3c(C(=O)O)ccnc32)C1.Nc1ccncc1. The Balaban J connectivity index is 0.000000191. The molecule has 10 rings (SSSR count). The van der Waals surface area contributed by atoms with Crippen LogP contribution in [0.15, 0.2) is 144 Å². The van der Waals surface area contributed by atoms with Gasteiger partial charge in [0.2, 0.25) is 11.8 Å². The summed E-state index contributed by atoms with van der Waals surface area (Å²) < 4.78 is 2.27. The van der Waals surface area contributed by atoms with E-state index in [4.69, 9.17) is 28.9 Å². The van der Waals surface area contributed by atoms with Gasteiger partial charge in [-0.2, -0.15) is 0 Å². The normalized spacial score (nSPS) is 13.8. The third-order valence-electron chi connectivity index (χ3n) is 13.3. The second kappa shape index (κ2) is 24.9. The van der Waals surface area contributed by atoms with Crippen LogP contribution in [0.1, 0.15) is 85.8 Å². The fourth-order valence-electron chi connectivity index (χ4n) is 9.28. The summed E-state index contributed by atoms with van der Waals surface area (Å²) in [6.45, 7) is 10.1. The number of carbonyl (C=O) groups excluding carboxylic acids is 5. The van der Waals surface area contributed by atoms with Gasteiger partial charge >= 0.3 is 5.97 Å². The lowest BCUT2D eigenvalue weighted by Gasteiger charge is -2.45. The van der Waals surface area contributed by atoms with Crippen LogP contribution in [0.3, 0.4) is 0 Å². The molecule has 0 aliphatic carbocycles. The quantitative estimate of drug-likeness (QED) is 0.0809. The number of carboxylic acids is 1.